The number of hydrogen-bond acceptors (Lipinski definition) is 4. The fourth-order valence-electron chi connectivity index (χ4n) is 2.28. The first kappa shape index (κ1) is 16.2. The fraction of sp³-hybridized carbons (Fsp3) is 0.158. The Hall–Kier alpha value is -2.66. The number of thiophene rings is 1. The van der Waals surface area contributed by atoms with Gasteiger partial charge in [-0.15, -0.1) is 11.3 Å². The normalized spacial score (nSPS) is 11.9. The zero-order valence-corrected chi connectivity index (χ0v) is 14.0. The number of ether oxygens (including phenoxy) is 1. The van der Waals surface area contributed by atoms with Gasteiger partial charge < -0.3 is 10.1 Å². The molecule has 1 aromatic heterocycles. The van der Waals surface area contributed by atoms with E-state index in [1.807, 2.05) is 54.6 Å². The molecule has 1 heterocycles. The summed E-state index contributed by atoms with van der Waals surface area (Å²) in [5, 5.41) is 3.77. The standard InChI is InChI=1S/C19H17NO3S/c1-13(18(21)20-12-14-7-3-2-4-8-14)23-19(22)17-11-15-9-5-6-10-16(15)24-17/h2-11,13H,12H2,1H3,(H,20,21)/t13-/m1/s1. The van der Waals surface area contributed by atoms with E-state index in [-0.39, 0.29) is 5.91 Å². The van der Waals surface area contributed by atoms with E-state index >= 15 is 0 Å². The van der Waals surface area contributed by atoms with Gasteiger partial charge >= 0.3 is 5.97 Å². The Morgan fingerprint density at radius 1 is 1.08 bits per heavy atom. The van der Waals surface area contributed by atoms with Gasteiger partial charge in [-0.2, -0.15) is 0 Å². The molecule has 0 aliphatic rings. The number of rotatable bonds is 5. The highest BCUT2D eigenvalue weighted by molar-refractivity contribution is 7.20. The first-order valence-electron chi connectivity index (χ1n) is 7.64. The van der Waals surface area contributed by atoms with Gasteiger partial charge in [0.25, 0.3) is 5.91 Å². The number of hydrogen-bond donors (Lipinski definition) is 1. The van der Waals surface area contributed by atoms with Gasteiger partial charge in [0.1, 0.15) is 4.88 Å². The second-order valence-electron chi connectivity index (χ2n) is 5.40. The second-order valence-corrected chi connectivity index (χ2v) is 6.48. The van der Waals surface area contributed by atoms with Gasteiger partial charge in [-0.1, -0.05) is 48.5 Å². The largest absolute Gasteiger partial charge is 0.448 e. The molecule has 3 rings (SSSR count). The number of amides is 1. The van der Waals surface area contributed by atoms with Crippen LogP contribution in [-0.2, 0) is 16.1 Å². The van der Waals surface area contributed by atoms with Crippen molar-refractivity contribution in [3.8, 4) is 0 Å². The van der Waals surface area contributed by atoms with Gasteiger partial charge in [-0.25, -0.2) is 4.79 Å². The van der Waals surface area contributed by atoms with E-state index in [4.69, 9.17) is 4.74 Å². The van der Waals surface area contributed by atoms with E-state index in [0.717, 1.165) is 15.6 Å². The topological polar surface area (TPSA) is 55.4 Å². The van der Waals surface area contributed by atoms with Gasteiger partial charge in [0, 0.05) is 11.2 Å². The summed E-state index contributed by atoms with van der Waals surface area (Å²) in [5.41, 5.74) is 0.994. The monoisotopic (exact) mass is 339 g/mol. The number of nitrogens with one attached hydrogen (secondary N) is 1. The Labute approximate surface area is 144 Å². The van der Waals surface area contributed by atoms with Crippen molar-refractivity contribution >= 4 is 33.3 Å². The molecule has 0 aliphatic carbocycles. The maximum Gasteiger partial charge on any atom is 0.349 e. The van der Waals surface area contributed by atoms with Crippen molar-refractivity contribution in [2.45, 2.75) is 19.6 Å². The number of benzene rings is 2. The lowest BCUT2D eigenvalue weighted by molar-refractivity contribution is -0.129. The van der Waals surface area contributed by atoms with Crippen LogP contribution in [0.2, 0.25) is 0 Å². The lowest BCUT2D eigenvalue weighted by atomic mass is 10.2. The van der Waals surface area contributed by atoms with Crippen molar-refractivity contribution in [1.82, 2.24) is 5.32 Å². The van der Waals surface area contributed by atoms with Crippen LogP contribution in [0, 0.1) is 0 Å². The highest BCUT2D eigenvalue weighted by Gasteiger charge is 2.20. The third-order valence-corrected chi connectivity index (χ3v) is 4.69. The van der Waals surface area contributed by atoms with Crippen molar-refractivity contribution < 1.29 is 14.3 Å². The number of esters is 1. The average Bonchev–Trinajstić information content (AvgIpc) is 3.04. The summed E-state index contributed by atoms with van der Waals surface area (Å²) in [6.45, 7) is 1.98. The summed E-state index contributed by atoms with van der Waals surface area (Å²) in [5.74, 6) is -0.785. The second kappa shape index (κ2) is 7.27. The zero-order chi connectivity index (χ0) is 16.9. The molecule has 1 N–H and O–H groups in total. The van der Waals surface area contributed by atoms with Gasteiger partial charge in [0.15, 0.2) is 6.10 Å². The smallest absolute Gasteiger partial charge is 0.349 e. The van der Waals surface area contributed by atoms with Crippen LogP contribution < -0.4 is 5.32 Å². The average molecular weight is 339 g/mol. The van der Waals surface area contributed by atoms with Crippen LogP contribution in [0.5, 0.6) is 0 Å². The summed E-state index contributed by atoms with van der Waals surface area (Å²) in [6, 6.07) is 19.1. The zero-order valence-electron chi connectivity index (χ0n) is 13.2. The Bertz CT molecular complexity index is 824. The third-order valence-electron chi connectivity index (χ3n) is 3.59. The number of carbonyl (C=O) groups excluding carboxylic acids is 2. The predicted molar refractivity (Wildman–Crippen MR) is 95.0 cm³/mol. The van der Waals surface area contributed by atoms with Crippen LogP contribution in [0.4, 0.5) is 0 Å². The molecular formula is C19H17NO3S. The number of carbonyl (C=O) groups is 2. The highest BCUT2D eigenvalue weighted by atomic mass is 32.1. The minimum absolute atomic E-state index is 0.312. The van der Waals surface area contributed by atoms with Crippen LogP contribution >= 0.6 is 11.3 Å². The van der Waals surface area contributed by atoms with E-state index in [1.165, 1.54) is 11.3 Å². The maximum absolute atomic E-state index is 12.2. The summed E-state index contributed by atoms with van der Waals surface area (Å²) >= 11 is 1.36. The van der Waals surface area contributed by atoms with Crippen LogP contribution in [0.25, 0.3) is 10.1 Å². The molecule has 1 amide bonds. The van der Waals surface area contributed by atoms with Gasteiger partial charge in [0.2, 0.25) is 0 Å². The fourth-order valence-corrected chi connectivity index (χ4v) is 3.23. The van der Waals surface area contributed by atoms with Crippen molar-refractivity contribution in [2.24, 2.45) is 0 Å². The molecule has 122 valence electrons. The van der Waals surface area contributed by atoms with Gasteiger partial charge in [-0.05, 0) is 30.0 Å². The molecule has 0 saturated carbocycles. The molecule has 5 heteroatoms. The third kappa shape index (κ3) is 3.81. The van der Waals surface area contributed by atoms with Crippen molar-refractivity contribution in [2.75, 3.05) is 0 Å². The summed E-state index contributed by atoms with van der Waals surface area (Å²) in [7, 11) is 0. The SMILES string of the molecule is C[C@@H](OC(=O)c1cc2ccccc2s1)C(=O)NCc1ccccc1. The van der Waals surface area contributed by atoms with E-state index in [1.54, 1.807) is 13.0 Å². The Morgan fingerprint density at radius 3 is 2.54 bits per heavy atom. The lowest BCUT2D eigenvalue weighted by Gasteiger charge is -2.13. The molecule has 1 atom stereocenters. The van der Waals surface area contributed by atoms with Crippen molar-refractivity contribution in [3.05, 3.63) is 71.1 Å². The van der Waals surface area contributed by atoms with Crippen molar-refractivity contribution in [3.63, 3.8) is 0 Å². The summed E-state index contributed by atoms with van der Waals surface area (Å²) in [4.78, 5) is 24.8. The summed E-state index contributed by atoms with van der Waals surface area (Å²) in [6.07, 6.45) is -0.841. The Kier molecular flexibility index (Phi) is 4.91. The van der Waals surface area contributed by atoms with Gasteiger partial charge in [0.05, 0.1) is 0 Å². The molecule has 0 bridgehead atoms. The quantitative estimate of drug-likeness (QED) is 0.720. The highest BCUT2D eigenvalue weighted by Crippen LogP contribution is 2.26. The molecule has 2 aromatic carbocycles. The molecule has 0 spiro atoms. The molecule has 0 saturated heterocycles. The van der Waals surface area contributed by atoms with Crippen molar-refractivity contribution in [1.29, 1.82) is 0 Å². The lowest BCUT2D eigenvalue weighted by Crippen LogP contribution is -2.35. The van der Waals surface area contributed by atoms with E-state index in [2.05, 4.69) is 5.32 Å². The Morgan fingerprint density at radius 2 is 1.79 bits per heavy atom. The Balaban J connectivity index is 1.58. The van der Waals surface area contributed by atoms with E-state index < -0.39 is 12.1 Å². The minimum Gasteiger partial charge on any atom is -0.448 e. The molecule has 0 unspecified atom stereocenters. The maximum atomic E-state index is 12.2. The van der Waals surface area contributed by atoms with Crippen LogP contribution in [0.3, 0.4) is 0 Å². The number of fused-ring (bicyclic) bond motifs is 1. The molecule has 3 aromatic rings. The molecule has 0 fully saturated rings. The molecule has 0 radical (unpaired) electrons. The molecule has 24 heavy (non-hydrogen) atoms. The van der Waals surface area contributed by atoms with Gasteiger partial charge in [-0.3, -0.25) is 4.79 Å². The molecule has 0 aliphatic heterocycles. The van der Waals surface area contributed by atoms with E-state index in [9.17, 15) is 9.59 Å². The van der Waals surface area contributed by atoms with Crippen LogP contribution in [-0.4, -0.2) is 18.0 Å². The first-order valence-corrected chi connectivity index (χ1v) is 8.46. The molecule has 4 nitrogen and oxygen atoms in total. The summed E-state index contributed by atoms with van der Waals surface area (Å²) < 4.78 is 6.29. The molecular weight excluding hydrogens is 322 g/mol. The van der Waals surface area contributed by atoms with Crippen LogP contribution in [0.15, 0.2) is 60.7 Å². The predicted octanol–water partition coefficient (Wildman–Crippen LogP) is 3.76. The minimum atomic E-state index is -0.841. The van der Waals surface area contributed by atoms with E-state index in [0.29, 0.717) is 11.4 Å². The van der Waals surface area contributed by atoms with Crippen LogP contribution in [0.1, 0.15) is 22.2 Å². The first-order chi connectivity index (χ1) is 11.6.